The molecule has 4 rings (SSSR count). The number of aromatic nitrogens is 2. The number of hydrogen-bond acceptors (Lipinski definition) is 4. The van der Waals surface area contributed by atoms with Gasteiger partial charge in [0.2, 0.25) is 0 Å². The predicted octanol–water partition coefficient (Wildman–Crippen LogP) is 4.74. The predicted molar refractivity (Wildman–Crippen MR) is 113 cm³/mol. The summed E-state index contributed by atoms with van der Waals surface area (Å²) in [6.45, 7) is 2.12. The molecule has 1 saturated carbocycles. The third-order valence-electron chi connectivity index (χ3n) is 5.29. The van der Waals surface area contributed by atoms with Gasteiger partial charge in [-0.25, -0.2) is 4.98 Å². The maximum Gasteiger partial charge on any atom is 0.270 e. The van der Waals surface area contributed by atoms with E-state index < -0.39 is 0 Å². The molecule has 0 bridgehead atoms. The number of fused-ring (bicyclic) bond motifs is 1. The van der Waals surface area contributed by atoms with Crippen molar-refractivity contribution < 1.29 is 4.79 Å². The molecule has 28 heavy (non-hydrogen) atoms. The molecule has 1 aliphatic carbocycles. The van der Waals surface area contributed by atoms with Crippen LogP contribution in [0.25, 0.3) is 10.9 Å². The van der Waals surface area contributed by atoms with E-state index in [9.17, 15) is 4.79 Å². The van der Waals surface area contributed by atoms with E-state index in [1.54, 1.807) is 18.3 Å². The van der Waals surface area contributed by atoms with Gasteiger partial charge >= 0.3 is 0 Å². The molecule has 144 valence electrons. The van der Waals surface area contributed by atoms with Gasteiger partial charge in [0.25, 0.3) is 5.91 Å². The monoisotopic (exact) mass is 394 g/mol. The van der Waals surface area contributed by atoms with Crippen molar-refractivity contribution in [2.45, 2.75) is 44.7 Å². The van der Waals surface area contributed by atoms with Crippen molar-refractivity contribution in [1.82, 2.24) is 15.3 Å². The largest absolute Gasteiger partial charge is 0.367 e. The quantitative estimate of drug-likeness (QED) is 0.670. The molecule has 5 nitrogen and oxygen atoms in total. The summed E-state index contributed by atoms with van der Waals surface area (Å²) in [6, 6.07) is 14.1. The molecule has 2 heterocycles. The average molecular weight is 395 g/mol. The van der Waals surface area contributed by atoms with Crippen LogP contribution >= 0.6 is 11.6 Å². The van der Waals surface area contributed by atoms with Gasteiger partial charge in [-0.1, -0.05) is 29.8 Å². The minimum absolute atomic E-state index is 0.161. The highest BCUT2D eigenvalue weighted by Crippen LogP contribution is 2.25. The van der Waals surface area contributed by atoms with Crippen LogP contribution in [-0.2, 0) is 0 Å². The van der Waals surface area contributed by atoms with E-state index in [1.807, 2.05) is 18.2 Å². The second kappa shape index (κ2) is 8.15. The molecule has 0 radical (unpaired) electrons. The summed E-state index contributed by atoms with van der Waals surface area (Å²) < 4.78 is 0. The first kappa shape index (κ1) is 18.7. The van der Waals surface area contributed by atoms with Gasteiger partial charge in [0.15, 0.2) is 0 Å². The van der Waals surface area contributed by atoms with Crippen LogP contribution in [-0.4, -0.2) is 28.0 Å². The summed E-state index contributed by atoms with van der Waals surface area (Å²) in [5, 5.41) is 8.36. The lowest BCUT2D eigenvalue weighted by Crippen LogP contribution is -2.40. The molecule has 1 amide bonds. The highest BCUT2D eigenvalue weighted by Gasteiger charge is 2.23. The molecule has 0 spiro atoms. The second-order valence-corrected chi connectivity index (χ2v) is 7.80. The maximum atomic E-state index is 12.3. The molecule has 2 aromatic heterocycles. The molecular weight excluding hydrogens is 372 g/mol. The zero-order chi connectivity index (χ0) is 19.5. The van der Waals surface area contributed by atoms with Crippen molar-refractivity contribution in [2.24, 2.45) is 0 Å². The molecule has 2 N–H and O–H groups in total. The summed E-state index contributed by atoms with van der Waals surface area (Å²) >= 11 is 5.94. The fraction of sp³-hybridized carbons (Fsp3) is 0.318. The number of hydrogen-bond donors (Lipinski definition) is 2. The van der Waals surface area contributed by atoms with Gasteiger partial charge in [-0.05, 0) is 62.4 Å². The smallest absolute Gasteiger partial charge is 0.270 e. The van der Waals surface area contributed by atoms with Gasteiger partial charge < -0.3 is 10.6 Å². The Balaban J connectivity index is 1.34. The van der Waals surface area contributed by atoms with Crippen molar-refractivity contribution in [2.75, 3.05) is 5.32 Å². The van der Waals surface area contributed by atoms with Gasteiger partial charge in [0, 0.05) is 28.7 Å². The van der Waals surface area contributed by atoms with Crippen molar-refractivity contribution in [3.8, 4) is 0 Å². The summed E-state index contributed by atoms with van der Waals surface area (Å²) in [6.07, 6.45) is 5.38. The Morgan fingerprint density at radius 1 is 1.07 bits per heavy atom. The molecule has 0 unspecified atom stereocenters. The number of aryl methyl sites for hydroxylation is 1. The number of nitrogens with one attached hydrogen (secondary N) is 2. The number of halogens is 1. The van der Waals surface area contributed by atoms with Crippen LogP contribution in [0.15, 0.2) is 48.7 Å². The Morgan fingerprint density at radius 3 is 2.61 bits per heavy atom. The Labute approximate surface area is 169 Å². The van der Waals surface area contributed by atoms with Crippen molar-refractivity contribution in [3.05, 3.63) is 64.9 Å². The molecule has 6 heteroatoms. The summed E-state index contributed by atoms with van der Waals surface area (Å²) in [7, 11) is 0. The number of para-hydroxylation sites is 1. The van der Waals surface area contributed by atoms with Crippen LogP contribution in [0.2, 0.25) is 5.02 Å². The van der Waals surface area contributed by atoms with E-state index >= 15 is 0 Å². The van der Waals surface area contributed by atoms with E-state index in [4.69, 9.17) is 16.6 Å². The molecule has 1 aromatic carbocycles. The first-order valence-corrected chi connectivity index (χ1v) is 10.0. The molecule has 1 fully saturated rings. The fourth-order valence-electron chi connectivity index (χ4n) is 3.80. The SMILES string of the molecule is Cc1cc(NC2CCC(NC(=O)c3cc(Cl)ccn3)CC2)nc2ccccc12. The van der Waals surface area contributed by atoms with E-state index in [0.717, 1.165) is 37.0 Å². The van der Waals surface area contributed by atoms with Gasteiger partial charge in [0.05, 0.1) is 5.52 Å². The number of carbonyl (C=O) groups excluding carboxylic acids is 1. The highest BCUT2D eigenvalue weighted by atomic mass is 35.5. The number of anilines is 1. The number of amides is 1. The van der Waals surface area contributed by atoms with Crippen LogP contribution in [0, 0.1) is 6.92 Å². The first-order chi connectivity index (χ1) is 13.6. The van der Waals surface area contributed by atoms with Crippen LogP contribution in [0.1, 0.15) is 41.7 Å². The Kier molecular flexibility index (Phi) is 5.44. The van der Waals surface area contributed by atoms with E-state index in [0.29, 0.717) is 16.8 Å². The van der Waals surface area contributed by atoms with E-state index in [2.05, 4.69) is 34.7 Å². The minimum atomic E-state index is -0.161. The molecule has 0 saturated heterocycles. The van der Waals surface area contributed by atoms with Gasteiger partial charge in [-0.15, -0.1) is 0 Å². The molecule has 1 aliphatic rings. The van der Waals surface area contributed by atoms with Crippen LogP contribution < -0.4 is 10.6 Å². The maximum absolute atomic E-state index is 12.3. The number of rotatable bonds is 4. The first-order valence-electron chi connectivity index (χ1n) is 9.64. The normalized spacial score (nSPS) is 19.4. The lowest BCUT2D eigenvalue weighted by molar-refractivity contribution is 0.0921. The minimum Gasteiger partial charge on any atom is -0.367 e. The van der Waals surface area contributed by atoms with Crippen molar-refractivity contribution in [1.29, 1.82) is 0 Å². The second-order valence-electron chi connectivity index (χ2n) is 7.37. The third-order valence-corrected chi connectivity index (χ3v) is 5.53. The highest BCUT2D eigenvalue weighted by molar-refractivity contribution is 6.30. The standard InChI is InChI=1S/C22H23ClN4O/c1-14-12-21(27-19-5-3-2-4-18(14)19)25-16-6-8-17(9-7-16)26-22(28)20-13-15(23)10-11-24-20/h2-5,10-13,16-17H,6-9H2,1H3,(H,25,27)(H,26,28). The van der Waals surface area contributed by atoms with Gasteiger partial charge in [0.1, 0.15) is 11.5 Å². The zero-order valence-electron chi connectivity index (χ0n) is 15.8. The van der Waals surface area contributed by atoms with Gasteiger partial charge in [-0.3, -0.25) is 9.78 Å². The van der Waals surface area contributed by atoms with Crippen LogP contribution in [0.5, 0.6) is 0 Å². The Morgan fingerprint density at radius 2 is 1.82 bits per heavy atom. The van der Waals surface area contributed by atoms with Crippen LogP contribution in [0.3, 0.4) is 0 Å². The molecule has 0 aliphatic heterocycles. The zero-order valence-corrected chi connectivity index (χ0v) is 16.5. The van der Waals surface area contributed by atoms with E-state index in [1.165, 1.54) is 10.9 Å². The third kappa shape index (κ3) is 4.25. The number of benzene rings is 1. The van der Waals surface area contributed by atoms with Crippen LogP contribution in [0.4, 0.5) is 5.82 Å². The van der Waals surface area contributed by atoms with Gasteiger partial charge in [-0.2, -0.15) is 0 Å². The lowest BCUT2D eigenvalue weighted by atomic mass is 9.91. The number of pyridine rings is 2. The summed E-state index contributed by atoms with van der Waals surface area (Å²) in [5.74, 6) is 0.762. The molecule has 0 atom stereocenters. The fourth-order valence-corrected chi connectivity index (χ4v) is 3.96. The molecule has 3 aromatic rings. The van der Waals surface area contributed by atoms with Crippen molar-refractivity contribution in [3.63, 3.8) is 0 Å². The average Bonchev–Trinajstić information content (AvgIpc) is 2.69. The topological polar surface area (TPSA) is 66.9 Å². The molecular formula is C22H23ClN4O. The van der Waals surface area contributed by atoms with E-state index in [-0.39, 0.29) is 11.9 Å². The number of carbonyl (C=O) groups is 1. The Bertz CT molecular complexity index is 999. The summed E-state index contributed by atoms with van der Waals surface area (Å²) in [5.41, 5.74) is 2.60. The van der Waals surface area contributed by atoms with Crippen molar-refractivity contribution >= 4 is 34.2 Å². The number of nitrogens with zero attached hydrogens (tertiary/aromatic N) is 2. The lowest BCUT2D eigenvalue weighted by Gasteiger charge is -2.30. The summed E-state index contributed by atoms with van der Waals surface area (Å²) in [4.78, 5) is 21.2. The Hall–Kier alpha value is -2.66.